The van der Waals surface area contributed by atoms with E-state index in [-0.39, 0.29) is 30.6 Å². The van der Waals surface area contributed by atoms with Crippen LogP contribution in [0.3, 0.4) is 0 Å². The van der Waals surface area contributed by atoms with E-state index in [4.69, 9.17) is 0 Å². The summed E-state index contributed by atoms with van der Waals surface area (Å²) in [5, 5.41) is 6.50. The van der Waals surface area contributed by atoms with Gasteiger partial charge in [-0.3, -0.25) is 0 Å². The second kappa shape index (κ2) is 12.3. The fraction of sp³-hybridized carbons (Fsp3) is 0.421. The maximum Gasteiger partial charge on any atom is 0.411 e. The Kier molecular flexibility index (Phi) is 10.8. The number of nitrogens with zero attached hydrogens (tertiary/aromatic N) is 1. The quantitative estimate of drug-likeness (QED) is 0.289. The van der Waals surface area contributed by atoms with E-state index >= 15 is 0 Å². The summed E-state index contributed by atoms with van der Waals surface area (Å²) in [5.74, 6) is 0.723. The Hall–Kier alpha value is -1.33. The summed E-state index contributed by atoms with van der Waals surface area (Å²) in [5.41, 5.74) is 1.67. The molecular formula is C19H25F3IN3OS. The molecule has 1 aromatic carbocycles. The van der Waals surface area contributed by atoms with Crippen molar-refractivity contribution in [3.8, 4) is 0 Å². The zero-order valence-corrected chi connectivity index (χ0v) is 19.0. The maximum absolute atomic E-state index is 12.1. The molecule has 0 aliphatic rings. The van der Waals surface area contributed by atoms with Crippen LogP contribution < -0.4 is 10.6 Å². The lowest BCUT2D eigenvalue weighted by Gasteiger charge is -2.11. The van der Waals surface area contributed by atoms with E-state index in [1.807, 2.05) is 19.1 Å². The van der Waals surface area contributed by atoms with E-state index in [2.05, 4.69) is 39.4 Å². The van der Waals surface area contributed by atoms with Crippen molar-refractivity contribution in [2.75, 3.05) is 13.2 Å². The first-order valence-electron chi connectivity index (χ1n) is 8.65. The largest absolute Gasteiger partial charge is 0.411 e. The Labute approximate surface area is 184 Å². The number of alkyl halides is 3. The number of rotatable bonds is 8. The molecule has 0 aliphatic heterocycles. The van der Waals surface area contributed by atoms with Crippen molar-refractivity contribution in [2.24, 2.45) is 4.99 Å². The lowest BCUT2D eigenvalue weighted by molar-refractivity contribution is -0.176. The third-order valence-electron chi connectivity index (χ3n) is 3.55. The molecule has 2 aromatic rings. The normalized spacial score (nSPS) is 11.8. The fourth-order valence-electron chi connectivity index (χ4n) is 2.29. The van der Waals surface area contributed by atoms with Gasteiger partial charge in [0.2, 0.25) is 0 Å². The third-order valence-corrected chi connectivity index (χ3v) is 4.55. The molecule has 0 bridgehead atoms. The Morgan fingerprint density at radius 1 is 1.07 bits per heavy atom. The predicted octanol–water partition coefficient (Wildman–Crippen LogP) is 5.01. The molecule has 0 fully saturated rings. The summed E-state index contributed by atoms with van der Waals surface area (Å²) in [4.78, 5) is 7.06. The zero-order valence-electron chi connectivity index (χ0n) is 15.8. The molecular weight excluding hydrogens is 502 g/mol. The van der Waals surface area contributed by atoms with E-state index in [1.54, 1.807) is 23.5 Å². The average molecular weight is 527 g/mol. The molecule has 0 saturated heterocycles. The lowest BCUT2D eigenvalue weighted by Crippen LogP contribution is -2.36. The fourth-order valence-corrected chi connectivity index (χ4v) is 3.12. The monoisotopic (exact) mass is 527 g/mol. The van der Waals surface area contributed by atoms with Gasteiger partial charge in [0.15, 0.2) is 5.96 Å². The molecule has 1 aromatic heterocycles. The number of ether oxygens (including phenoxy) is 1. The molecule has 156 valence electrons. The number of aliphatic imine (C=N–C) groups is 1. The van der Waals surface area contributed by atoms with Crippen LogP contribution in [-0.4, -0.2) is 25.3 Å². The van der Waals surface area contributed by atoms with Gasteiger partial charge in [-0.15, -0.1) is 35.3 Å². The third kappa shape index (κ3) is 9.74. The molecule has 0 amide bonds. The number of halogens is 4. The van der Waals surface area contributed by atoms with Gasteiger partial charge in [-0.05, 0) is 37.1 Å². The Morgan fingerprint density at radius 3 is 2.32 bits per heavy atom. The molecule has 0 aliphatic carbocycles. The summed E-state index contributed by atoms with van der Waals surface area (Å²) >= 11 is 1.74. The highest BCUT2D eigenvalue weighted by atomic mass is 127. The van der Waals surface area contributed by atoms with Gasteiger partial charge in [-0.25, -0.2) is 4.99 Å². The van der Waals surface area contributed by atoms with Gasteiger partial charge in [-0.1, -0.05) is 24.3 Å². The van der Waals surface area contributed by atoms with Gasteiger partial charge in [0.05, 0.1) is 19.7 Å². The van der Waals surface area contributed by atoms with Crippen LogP contribution >= 0.6 is 35.3 Å². The van der Waals surface area contributed by atoms with Gasteiger partial charge in [0, 0.05) is 16.3 Å². The van der Waals surface area contributed by atoms with E-state index in [9.17, 15) is 13.2 Å². The zero-order chi connectivity index (χ0) is 19.7. The van der Waals surface area contributed by atoms with Crippen molar-refractivity contribution in [3.05, 3.63) is 57.3 Å². The van der Waals surface area contributed by atoms with Crippen LogP contribution in [0.4, 0.5) is 13.2 Å². The summed E-state index contributed by atoms with van der Waals surface area (Å²) in [6.45, 7) is 4.72. The van der Waals surface area contributed by atoms with Crippen LogP contribution in [-0.2, 0) is 24.4 Å². The highest BCUT2D eigenvalue weighted by molar-refractivity contribution is 14.0. The van der Waals surface area contributed by atoms with Crippen molar-refractivity contribution >= 4 is 41.3 Å². The highest BCUT2D eigenvalue weighted by Crippen LogP contribution is 2.16. The summed E-state index contributed by atoms with van der Waals surface area (Å²) in [7, 11) is 0. The molecule has 2 N–H and O–H groups in total. The minimum absolute atomic E-state index is 0. The second-order valence-electron chi connectivity index (χ2n) is 5.99. The number of benzene rings is 1. The molecule has 28 heavy (non-hydrogen) atoms. The smallest absolute Gasteiger partial charge is 0.367 e. The summed E-state index contributed by atoms with van der Waals surface area (Å²) < 4.78 is 40.9. The number of aryl methyl sites for hydroxylation is 1. The van der Waals surface area contributed by atoms with Gasteiger partial charge >= 0.3 is 6.18 Å². The minimum Gasteiger partial charge on any atom is -0.367 e. The van der Waals surface area contributed by atoms with Crippen molar-refractivity contribution < 1.29 is 17.9 Å². The van der Waals surface area contributed by atoms with Crippen LogP contribution in [0.1, 0.15) is 27.8 Å². The molecule has 0 spiro atoms. The number of thiophene rings is 1. The minimum atomic E-state index is -4.30. The molecule has 0 radical (unpaired) electrons. The van der Waals surface area contributed by atoms with Gasteiger partial charge in [0.25, 0.3) is 0 Å². The number of hydrogen-bond donors (Lipinski definition) is 2. The number of nitrogens with one attached hydrogen (secondary N) is 2. The highest BCUT2D eigenvalue weighted by Gasteiger charge is 2.27. The number of hydrogen-bond acceptors (Lipinski definition) is 3. The first kappa shape index (κ1) is 24.7. The van der Waals surface area contributed by atoms with E-state index < -0.39 is 12.8 Å². The van der Waals surface area contributed by atoms with Crippen molar-refractivity contribution in [3.63, 3.8) is 0 Å². The van der Waals surface area contributed by atoms with E-state index in [0.29, 0.717) is 18.7 Å². The lowest BCUT2D eigenvalue weighted by atomic mass is 10.1. The Balaban J connectivity index is 0.00000392. The molecule has 0 unspecified atom stereocenters. The van der Waals surface area contributed by atoms with E-state index in [1.165, 1.54) is 9.75 Å². The standard InChI is InChI=1S/C19H24F3N3OS.HI/c1-3-23-18(25-11-17-9-4-14(2)27-17)24-10-15-5-7-16(8-6-15)12-26-13-19(20,21)22;/h4-9H,3,10-13H2,1-2H3,(H2,23,24,25);1H. The SMILES string of the molecule is CCNC(=NCc1ccc(COCC(F)(F)F)cc1)NCc1ccc(C)s1.I. The van der Waals surface area contributed by atoms with Gasteiger partial charge in [0.1, 0.15) is 6.61 Å². The first-order valence-corrected chi connectivity index (χ1v) is 9.47. The van der Waals surface area contributed by atoms with Crippen LogP contribution in [0.2, 0.25) is 0 Å². The van der Waals surface area contributed by atoms with Crippen LogP contribution in [0.25, 0.3) is 0 Å². The van der Waals surface area contributed by atoms with Gasteiger partial charge < -0.3 is 15.4 Å². The van der Waals surface area contributed by atoms with Crippen molar-refractivity contribution in [2.45, 2.75) is 39.7 Å². The Bertz CT molecular complexity index is 733. The van der Waals surface area contributed by atoms with Crippen LogP contribution in [0, 0.1) is 6.92 Å². The maximum atomic E-state index is 12.1. The molecule has 0 saturated carbocycles. The predicted molar refractivity (Wildman–Crippen MR) is 118 cm³/mol. The van der Waals surface area contributed by atoms with E-state index in [0.717, 1.165) is 18.1 Å². The molecule has 1 heterocycles. The summed E-state index contributed by atoms with van der Waals surface area (Å²) in [6, 6.07) is 11.4. The first-order chi connectivity index (χ1) is 12.9. The molecule has 9 heteroatoms. The van der Waals surface area contributed by atoms with Crippen molar-refractivity contribution in [1.29, 1.82) is 0 Å². The molecule has 0 atom stereocenters. The molecule has 4 nitrogen and oxygen atoms in total. The molecule has 2 rings (SSSR count). The average Bonchev–Trinajstić information content (AvgIpc) is 3.03. The van der Waals surface area contributed by atoms with Gasteiger partial charge in [-0.2, -0.15) is 13.2 Å². The second-order valence-corrected chi connectivity index (χ2v) is 7.36. The number of guanidine groups is 1. The van der Waals surface area contributed by atoms with Crippen LogP contribution in [0.5, 0.6) is 0 Å². The van der Waals surface area contributed by atoms with Crippen LogP contribution in [0.15, 0.2) is 41.4 Å². The topological polar surface area (TPSA) is 45.7 Å². The summed E-state index contributed by atoms with van der Waals surface area (Å²) in [6.07, 6.45) is -4.30. The Morgan fingerprint density at radius 2 is 1.75 bits per heavy atom. The van der Waals surface area contributed by atoms with Crippen molar-refractivity contribution in [1.82, 2.24) is 10.6 Å².